The minimum Gasteiger partial charge on any atom is -0.396 e. The third-order valence-corrected chi connectivity index (χ3v) is 6.38. The number of aliphatic hydroxyl groups excluding tert-OH is 1. The first-order valence-corrected chi connectivity index (χ1v) is 8.00. The summed E-state index contributed by atoms with van der Waals surface area (Å²) >= 11 is 1.90. The van der Waals surface area contributed by atoms with Crippen LogP contribution < -0.4 is 0 Å². The van der Waals surface area contributed by atoms with Gasteiger partial charge >= 0.3 is 0 Å². The first-order valence-electron chi connectivity index (χ1n) is 6.84. The lowest BCUT2D eigenvalue weighted by atomic mass is 9.60. The van der Waals surface area contributed by atoms with Gasteiger partial charge in [0.15, 0.2) is 0 Å². The van der Waals surface area contributed by atoms with Crippen LogP contribution in [0.25, 0.3) is 0 Å². The van der Waals surface area contributed by atoms with E-state index in [9.17, 15) is 10.2 Å². The largest absolute Gasteiger partial charge is 0.396 e. The van der Waals surface area contributed by atoms with Crippen molar-refractivity contribution in [2.24, 2.45) is 10.8 Å². The van der Waals surface area contributed by atoms with Crippen LogP contribution in [0.4, 0.5) is 0 Å². The SMILES string of the molecule is CC1(C)CCC(O)(C2(CO)CCCSC2)CC1. The topological polar surface area (TPSA) is 40.5 Å². The van der Waals surface area contributed by atoms with E-state index >= 15 is 0 Å². The molecule has 1 heterocycles. The molecule has 0 aromatic carbocycles. The van der Waals surface area contributed by atoms with Crippen molar-refractivity contribution in [3.63, 3.8) is 0 Å². The van der Waals surface area contributed by atoms with Crippen molar-refractivity contribution in [3.8, 4) is 0 Å². The van der Waals surface area contributed by atoms with E-state index in [4.69, 9.17) is 0 Å². The molecule has 100 valence electrons. The van der Waals surface area contributed by atoms with Crippen molar-refractivity contribution < 1.29 is 10.2 Å². The molecule has 2 nitrogen and oxygen atoms in total. The molecule has 2 aliphatic rings. The van der Waals surface area contributed by atoms with E-state index in [1.807, 2.05) is 11.8 Å². The van der Waals surface area contributed by atoms with Gasteiger partial charge in [0.25, 0.3) is 0 Å². The Bertz CT molecular complexity index is 259. The first-order chi connectivity index (χ1) is 7.93. The zero-order chi connectivity index (χ0) is 12.6. The van der Waals surface area contributed by atoms with Crippen LogP contribution in [-0.4, -0.2) is 33.9 Å². The quantitative estimate of drug-likeness (QED) is 0.800. The molecular weight excluding hydrogens is 232 g/mol. The van der Waals surface area contributed by atoms with Gasteiger partial charge in [0.05, 0.1) is 12.2 Å². The van der Waals surface area contributed by atoms with E-state index in [1.54, 1.807) is 0 Å². The van der Waals surface area contributed by atoms with Crippen LogP contribution in [0.3, 0.4) is 0 Å². The van der Waals surface area contributed by atoms with Crippen molar-refractivity contribution in [2.45, 2.75) is 58.0 Å². The van der Waals surface area contributed by atoms with Crippen LogP contribution in [0.15, 0.2) is 0 Å². The molecule has 0 radical (unpaired) electrons. The second-order valence-corrected chi connectivity index (χ2v) is 7.90. The Balaban J connectivity index is 2.13. The normalized spacial score (nSPS) is 36.7. The smallest absolute Gasteiger partial charge is 0.0734 e. The minimum atomic E-state index is -0.620. The van der Waals surface area contributed by atoms with Crippen LogP contribution in [0.2, 0.25) is 0 Å². The van der Waals surface area contributed by atoms with E-state index in [2.05, 4.69) is 13.8 Å². The van der Waals surface area contributed by atoms with E-state index < -0.39 is 5.60 Å². The van der Waals surface area contributed by atoms with Crippen molar-refractivity contribution >= 4 is 11.8 Å². The molecule has 0 spiro atoms. The highest BCUT2D eigenvalue weighted by molar-refractivity contribution is 7.99. The summed E-state index contributed by atoms with van der Waals surface area (Å²) in [7, 11) is 0. The molecule has 2 fully saturated rings. The third-order valence-electron chi connectivity index (χ3n) is 5.04. The van der Waals surface area contributed by atoms with Crippen molar-refractivity contribution in [1.82, 2.24) is 0 Å². The number of aliphatic hydroxyl groups is 2. The number of rotatable bonds is 2. The maximum Gasteiger partial charge on any atom is 0.0734 e. The van der Waals surface area contributed by atoms with Crippen LogP contribution in [0.1, 0.15) is 52.4 Å². The lowest BCUT2D eigenvalue weighted by Gasteiger charge is -2.52. The Labute approximate surface area is 109 Å². The van der Waals surface area contributed by atoms with Gasteiger partial charge in [-0.05, 0) is 49.7 Å². The molecule has 1 aliphatic carbocycles. The fourth-order valence-electron chi connectivity index (χ4n) is 3.36. The summed E-state index contributed by atoms with van der Waals surface area (Å²) in [5.74, 6) is 2.11. The van der Waals surface area contributed by atoms with Crippen LogP contribution in [0, 0.1) is 10.8 Å². The summed E-state index contributed by atoms with van der Waals surface area (Å²) in [4.78, 5) is 0. The van der Waals surface area contributed by atoms with E-state index in [0.717, 1.165) is 44.3 Å². The van der Waals surface area contributed by atoms with Crippen molar-refractivity contribution in [3.05, 3.63) is 0 Å². The van der Waals surface area contributed by atoms with Crippen LogP contribution in [-0.2, 0) is 0 Å². The van der Waals surface area contributed by atoms with Crippen LogP contribution in [0.5, 0.6) is 0 Å². The number of thioether (sulfide) groups is 1. The maximum absolute atomic E-state index is 11.0. The molecule has 0 amide bonds. The Kier molecular flexibility index (Phi) is 3.82. The zero-order valence-corrected chi connectivity index (χ0v) is 12.0. The molecule has 0 aromatic heterocycles. The second-order valence-electron chi connectivity index (χ2n) is 6.79. The van der Waals surface area contributed by atoms with E-state index in [-0.39, 0.29) is 12.0 Å². The maximum atomic E-state index is 11.0. The standard InChI is InChI=1S/C14H26O2S/c1-12(2)5-7-14(16,8-6-12)13(10-15)4-3-9-17-11-13/h15-16H,3-11H2,1-2H3. The van der Waals surface area contributed by atoms with Gasteiger partial charge in [-0.3, -0.25) is 0 Å². The molecule has 1 unspecified atom stereocenters. The first kappa shape index (κ1) is 13.7. The summed E-state index contributed by atoms with van der Waals surface area (Å²) in [5, 5.41) is 20.8. The molecule has 1 atom stereocenters. The fourth-order valence-corrected chi connectivity index (χ4v) is 4.75. The predicted octanol–water partition coefficient (Wildman–Crippen LogP) is 2.82. The predicted molar refractivity (Wildman–Crippen MR) is 73.3 cm³/mol. The summed E-state index contributed by atoms with van der Waals surface area (Å²) in [5.41, 5.74) is -0.484. The van der Waals surface area contributed by atoms with Crippen molar-refractivity contribution in [1.29, 1.82) is 0 Å². The Morgan fingerprint density at radius 3 is 2.18 bits per heavy atom. The molecule has 2 N–H and O–H groups in total. The lowest BCUT2D eigenvalue weighted by Crippen LogP contribution is -2.56. The third kappa shape index (κ3) is 2.52. The molecule has 0 aromatic rings. The molecule has 3 heteroatoms. The Hall–Kier alpha value is 0.270. The molecule has 17 heavy (non-hydrogen) atoms. The van der Waals surface area contributed by atoms with E-state index in [1.165, 1.54) is 5.75 Å². The average molecular weight is 258 g/mol. The van der Waals surface area contributed by atoms with Gasteiger partial charge in [0.2, 0.25) is 0 Å². The van der Waals surface area contributed by atoms with Crippen LogP contribution >= 0.6 is 11.8 Å². The minimum absolute atomic E-state index is 0.150. The van der Waals surface area contributed by atoms with Gasteiger partial charge < -0.3 is 10.2 Å². The average Bonchev–Trinajstić information content (AvgIpc) is 2.34. The second kappa shape index (κ2) is 4.75. The van der Waals surface area contributed by atoms with Gasteiger partial charge in [-0.25, -0.2) is 0 Å². The molecular formula is C14H26O2S. The fraction of sp³-hybridized carbons (Fsp3) is 1.00. The molecule has 1 saturated carbocycles. The Morgan fingerprint density at radius 2 is 1.71 bits per heavy atom. The molecule has 0 bridgehead atoms. The van der Waals surface area contributed by atoms with Gasteiger partial charge in [-0.2, -0.15) is 11.8 Å². The summed E-state index contributed by atoms with van der Waals surface area (Å²) in [6.07, 6.45) is 6.01. The van der Waals surface area contributed by atoms with Gasteiger partial charge in [-0.15, -0.1) is 0 Å². The number of hydrogen-bond acceptors (Lipinski definition) is 3. The van der Waals surface area contributed by atoms with Crippen molar-refractivity contribution in [2.75, 3.05) is 18.1 Å². The van der Waals surface area contributed by atoms with Gasteiger partial charge in [0, 0.05) is 11.2 Å². The molecule has 1 saturated heterocycles. The van der Waals surface area contributed by atoms with Gasteiger partial charge in [0.1, 0.15) is 0 Å². The summed E-state index contributed by atoms with van der Waals surface area (Å²) < 4.78 is 0. The lowest BCUT2D eigenvalue weighted by molar-refractivity contribution is -0.138. The zero-order valence-electron chi connectivity index (χ0n) is 11.2. The van der Waals surface area contributed by atoms with E-state index in [0.29, 0.717) is 5.41 Å². The highest BCUT2D eigenvalue weighted by Crippen LogP contribution is 2.52. The Morgan fingerprint density at radius 1 is 1.06 bits per heavy atom. The summed E-state index contributed by atoms with van der Waals surface area (Å²) in [6, 6.07) is 0. The summed E-state index contributed by atoms with van der Waals surface area (Å²) in [6.45, 7) is 4.72. The highest BCUT2D eigenvalue weighted by atomic mass is 32.2. The molecule has 2 rings (SSSR count). The monoisotopic (exact) mass is 258 g/mol. The number of hydrogen-bond donors (Lipinski definition) is 2. The van der Waals surface area contributed by atoms with Gasteiger partial charge in [-0.1, -0.05) is 13.8 Å². The molecule has 1 aliphatic heterocycles. The highest BCUT2D eigenvalue weighted by Gasteiger charge is 2.52.